The van der Waals surface area contributed by atoms with Gasteiger partial charge >= 0.3 is 6.18 Å². The predicted octanol–water partition coefficient (Wildman–Crippen LogP) is 2.18. The number of nitrogens with one attached hydrogen (secondary N) is 1. The van der Waals surface area contributed by atoms with Crippen molar-refractivity contribution in [1.29, 1.82) is 0 Å². The van der Waals surface area contributed by atoms with Crippen molar-refractivity contribution in [3.63, 3.8) is 0 Å². The van der Waals surface area contributed by atoms with Gasteiger partial charge < -0.3 is 5.32 Å². The largest absolute Gasteiger partial charge is 0.453 e. The van der Waals surface area contributed by atoms with Crippen LogP contribution in [0, 0.1) is 13.8 Å². The molecule has 132 valence electrons. The van der Waals surface area contributed by atoms with Gasteiger partial charge in [0.2, 0.25) is 11.0 Å². The Morgan fingerprint density at radius 3 is 2.72 bits per heavy atom. The summed E-state index contributed by atoms with van der Waals surface area (Å²) in [5.41, 5.74) is 3.12. The van der Waals surface area contributed by atoms with Crippen molar-refractivity contribution in [1.82, 2.24) is 29.8 Å². The van der Waals surface area contributed by atoms with E-state index in [0.29, 0.717) is 28.5 Å². The molecule has 1 N–H and O–H groups in total. The van der Waals surface area contributed by atoms with E-state index in [0.717, 1.165) is 4.52 Å². The molecular weight excluding hydrogens is 359 g/mol. The van der Waals surface area contributed by atoms with Gasteiger partial charge in [0, 0.05) is 17.8 Å². The van der Waals surface area contributed by atoms with Gasteiger partial charge in [-0.05, 0) is 25.8 Å². The van der Waals surface area contributed by atoms with E-state index < -0.39 is 12.0 Å². The molecule has 0 bridgehead atoms. The number of aryl methyl sites for hydroxylation is 2. The van der Waals surface area contributed by atoms with Crippen LogP contribution in [0.1, 0.15) is 29.2 Å². The van der Waals surface area contributed by atoms with Gasteiger partial charge in [0.05, 0.1) is 0 Å². The van der Waals surface area contributed by atoms with E-state index in [4.69, 9.17) is 0 Å². The first-order chi connectivity index (χ1) is 11.8. The zero-order valence-corrected chi connectivity index (χ0v) is 13.9. The molecule has 0 unspecified atom stereocenters. The molecule has 0 spiro atoms. The molecule has 0 saturated heterocycles. The smallest absolute Gasteiger partial charge is 0.301 e. The van der Waals surface area contributed by atoms with E-state index in [-0.39, 0.29) is 18.1 Å². The zero-order valence-electron chi connectivity index (χ0n) is 13.1. The maximum Gasteiger partial charge on any atom is 0.453 e. The van der Waals surface area contributed by atoms with Crippen molar-refractivity contribution >= 4 is 28.2 Å². The van der Waals surface area contributed by atoms with Gasteiger partial charge in [-0.2, -0.15) is 18.2 Å². The predicted molar refractivity (Wildman–Crippen MR) is 82.1 cm³/mol. The molecule has 0 saturated carbocycles. The number of alkyl halides is 3. The highest BCUT2D eigenvalue weighted by molar-refractivity contribution is 7.13. The highest BCUT2D eigenvalue weighted by atomic mass is 32.1. The lowest BCUT2D eigenvalue weighted by atomic mass is 10.1. The number of carbonyl (C=O) groups excluding carboxylic acids is 1. The monoisotopic (exact) mass is 371 g/mol. The minimum absolute atomic E-state index is 0.120. The second kappa shape index (κ2) is 6.35. The lowest BCUT2D eigenvalue weighted by Crippen LogP contribution is -2.14. The third-order valence-electron chi connectivity index (χ3n) is 3.51. The van der Waals surface area contributed by atoms with E-state index in [1.54, 1.807) is 13.8 Å². The molecule has 1 amide bonds. The van der Waals surface area contributed by atoms with Gasteiger partial charge in [-0.3, -0.25) is 4.79 Å². The van der Waals surface area contributed by atoms with E-state index in [1.165, 1.54) is 16.8 Å². The Balaban J connectivity index is 1.82. The van der Waals surface area contributed by atoms with Crippen LogP contribution >= 0.6 is 11.3 Å². The molecule has 0 atom stereocenters. The number of fused-ring (bicyclic) bond motifs is 1. The van der Waals surface area contributed by atoms with Crippen LogP contribution in [0.2, 0.25) is 0 Å². The van der Waals surface area contributed by atoms with Gasteiger partial charge in [-0.15, -0.1) is 15.3 Å². The Bertz CT molecular complexity index is 920. The summed E-state index contributed by atoms with van der Waals surface area (Å²) in [6.07, 6.45) is -4.22. The first-order valence-electron chi connectivity index (χ1n) is 7.12. The highest BCUT2D eigenvalue weighted by Gasteiger charge is 2.36. The van der Waals surface area contributed by atoms with Crippen LogP contribution < -0.4 is 5.32 Å². The minimum Gasteiger partial charge on any atom is -0.301 e. The summed E-state index contributed by atoms with van der Waals surface area (Å²) in [5.74, 6) is -1.64. The fourth-order valence-corrected chi connectivity index (χ4v) is 2.80. The van der Waals surface area contributed by atoms with Crippen molar-refractivity contribution in [2.24, 2.45) is 0 Å². The van der Waals surface area contributed by atoms with Gasteiger partial charge in [0.1, 0.15) is 5.51 Å². The number of hydrogen-bond acceptors (Lipinski definition) is 7. The fourth-order valence-electron chi connectivity index (χ4n) is 2.34. The lowest BCUT2D eigenvalue weighted by molar-refractivity contribution is -0.144. The first-order valence-corrected chi connectivity index (χ1v) is 7.99. The molecule has 3 heterocycles. The molecule has 0 aliphatic heterocycles. The van der Waals surface area contributed by atoms with Crippen LogP contribution in [-0.4, -0.2) is 35.7 Å². The molecule has 0 fully saturated rings. The zero-order chi connectivity index (χ0) is 18.2. The maximum absolute atomic E-state index is 12.8. The van der Waals surface area contributed by atoms with Crippen molar-refractivity contribution in [2.45, 2.75) is 32.9 Å². The second-order valence-electron chi connectivity index (χ2n) is 5.20. The van der Waals surface area contributed by atoms with Crippen LogP contribution in [0.5, 0.6) is 0 Å². The molecule has 3 aromatic rings. The number of rotatable bonds is 4. The summed E-state index contributed by atoms with van der Waals surface area (Å²) in [6, 6.07) is 0. The number of carbonyl (C=O) groups is 1. The average molecular weight is 371 g/mol. The Morgan fingerprint density at radius 1 is 1.32 bits per heavy atom. The second-order valence-corrected chi connectivity index (χ2v) is 6.03. The summed E-state index contributed by atoms with van der Waals surface area (Å²) in [7, 11) is 0. The van der Waals surface area contributed by atoms with Gasteiger partial charge in [0.15, 0.2) is 0 Å². The quantitative estimate of drug-likeness (QED) is 0.755. The van der Waals surface area contributed by atoms with E-state index in [1.807, 2.05) is 0 Å². The number of hydrogen-bond donors (Lipinski definition) is 1. The molecule has 8 nitrogen and oxygen atoms in total. The molecule has 0 aromatic carbocycles. The highest BCUT2D eigenvalue weighted by Crippen LogP contribution is 2.27. The molecule has 0 aliphatic rings. The molecule has 3 rings (SSSR count). The van der Waals surface area contributed by atoms with E-state index in [9.17, 15) is 18.0 Å². The Kier molecular flexibility index (Phi) is 4.37. The van der Waals surface area contributed by atoms with Crippen molar-refractivity contribution < 1.29 is 18.0 Å². The summed E-state index contributed by atoms with van der Waals surface area (Å²) in [6.45, 7) is 3.28. The normalized spacial score (nSPS) is 11.9. The summed E-state index contributed by atoms with van der Waals surface area (Å²) >= 11 is 1.19. The number of anilines is 1. The van der Waals surface area contributed by atoms with Gasteiger partial charge in [0.25, 0.3) is 11.6 Å². The molecular formula is C13H12F3N7OS. The maximum atomic E-state index is 12.8. The molecule has 12 heteroatoms. The third-order valence-corrected chi connectivity index (χ3v) is 4.12. The standard InChI is InChI=1S/C13H12F3N7OS/c1-6-8(3-4-9(24)19-12-21-17-5-25-12)7(2)23-11(18-6)20-10(22-23)13(14,15)16/h5H,3-4H2,1-2H3,(H,19,21,24). The fraction of sp³-hybridized carbons (Fsp3) is 0.385. The molecule has 0 aliphatic carbocycles. The number of amides is 1. The van der Waals surface area contributed by atoms with E-state index in [2.05, 4.69) is 30.6 Å². The lowest BCUT2D eigenvalue weighted by Gasteiger charge is -2.09. The van der Waals surface area contributed by atoms with Crippen molar-refractivity contribution in [3.8, 4) is 0 Å². The van der Waals surface area contributed by atoms with Crippen LogP contribution in [-0.2, 0) is 17.4 Å². The number of aromatic nitrogens is 6. The Hall–Kier alpha value is -2.63. The molecule has 25 heavy (non-hydrogen) atoms. The van der Waals surface area contributed by atoms with Crippen molar-refractivity contribution in [2.75, 3.05) is 5.32 Å². The van der Waals surface area contributed by atoms with Crippen LogP contribution in [0.25, 0.3) is 5.78 Å². The molecule has 3 aromatic heterocycles. The summed E-state index contributed by atoms with van der Waals surface area (Å²) in [4.78, 5) is 19.4. The summed E-state index contributed by atoms with van der Waals surface area (Å²) in [5, 5.41) is 13.8. The van der Waals surface area contributed by atoms with Crippen LogP contribution in [0.4, 0.5) is 18.3 Å². The van der Waals surface area contributed by atoms with Crippen LogP contribution in [0.15, 0.2) is 5.51 Å². The van der Waals surface area contributed by atoms with Crippen molar-refractivity contribution in [3.05, 3.63) is 28.3 Å². The SMILES string of the molecule is Cc1nc2nc(C(F)(F)F)nn2c(C)c1CCC(=O)Nc1nncs1. The third kappa shape index (κ3) is 3.57. The molecule has 0 radical (unpaired) electrons. The first kappa shape index (κ1) is 17.2. The average Bonchev–Trinajstić information content (AvgIpc) is 3.15. The van der Waals surface area contributed by atoms with Gasteiger partial charge in [-0.1, -0.05) is 11.3 Å². The summed E-state index contributed by atoms with van der Waals surface area (Å²) < 4.78 is 39.3. The Morgan fingerprint density at radius 2 is 2.08 bits per heavy atom. The Labute approximate surface area is 143 Å². The van der Waals surface area contributed by atoms with E-state index >= 15 is 0 Å². The van der Waals surface area contributed by atoms with Crippen LogP contribution in [0.3, 0.4) is 0 Å². The minimum atomic E-state index is -4.64. The number of halogens is 3. The topological polar surface area (TPSA) is 98.0 Å². The number of nitrogens with zero attached hydrogens (tertiary/aromatic N) is 6. The van der Waals surface area contributed by atoms with Gasteiger partial charge in [-0.25, -0.2) is 9.50 Å².